The van der Waals surface area contributed by atoms with Gasteiger partial charge in [0.15, 0.2) is 0 Å². The van der Waals surface area contributed by atoms with E-state index in [1.807, 2.05) is 11.8 Å². The molecule has 0 aliphatic heterocycles. The predicted molar refractivity (Wildman–Crippen MR) is 99.0 cm³/mol. The number of ether oxygens (including phenoxy) is 1. The summed E-state index contributed by atoms with van der Waals surface area (Å²) in [5.41, 5.74) is 0. The highest BCUT2D eigenvalue weighted by molar-refractivity contribution is 14.1. The Morgan fingerprint density at radius 3 is 1.85 bits per heavy atom. The van der Waals surface area contributed by atoms with Gasteiger partial charge in [-0.1, -0.05) is 74.0 Å². The van der Waals surface area contributed by atoms with E-state index in [1.165, 1.54) is 81.5 Å². The lowest BCUT2D eigenvalue weighted by Crippen LogP contribution is -2.01. The summed E-state index contributed by atoms with van der Waals surface area (Å²) in [6.07, 6.45) is 14.5. The SMILES string of the molecule is COC(=O)CCSCCCCCCCCCCCCI. The first kappa shape index (κ1) is 20.6. The van der Waals surface area contributed by atoms with Gasteiger partial charge in [-0.15, -0.1) is 0 Å². The highest BCUT2D eigenvalue weighted by Crippen LogP contribution is 2.13. The maximum atomic E-state index is 10.9. The van der Waals surface area contributed by atoms with E-state index in [2.05, 4.69) is 27.3 Å². The minimum absolute atomic E-state index is 0.0870. The van der Waals surface area contributed by atoms with Gasteiger partial charge in [-0.05, 0) is 23.0 Å². The second kappa shape index (κ2) is 17.6. The Labute approximate surface area is 143 Å². The van der Waals surface area contributed by atoms with Gasteiger partial charge in [-0.2, -0.15) is 11.8 Å². The van der Waals surface area contributed by atoms with Crippen LogP contribution < -0.4 is 0 Å². The van der Waals surface area contributed by atoms with Gasteiger partial charge in [0.05, 0.1) is 13.5 Å². The molecule has 0 fully saturated rings. The zero-order valence-corrected chi connectivity index (χ0v) is 16.0. The first-order valence-corrected chi connectivity index (χ1v) is 10.7. The largest absolute Gasteiger partial charge is 0.469 e. The minimum Gasteiger partial charge on any atom is -0.469 e. The lowest BCUT2D eigenvalue weighted by atomic mass is 10.1. The Kier molecular flexibility index (Phi) is 18.1. The Morgan fingerprint density at radius 1 is 0.850 bits per heavy atom. The van der Waals surface area contributed by atoms with Gasteiger partial charge in [-0.25, -0.2) is 0 Å². The summed E-state index contributed by atoms with van der Waals surface area (Å²) in [5.74, 6) is 2.01. The molecule has 0 aromatic carbocycles. The van der Waals surface area contributed by atoms with Crippen LogP contribution in [0.2, 0.25) is 0 Å². The molecule has 0 saturated carbocycles. The molecular weight excluding hydrogens is 383 g/mol. The van der Waals surface area contributed by atoms with Gasteiger partial charge in [0, 0.05) is 5.75 Å². The first-order chi connectivity index (χ1) is 9.81. The lowest BCUT2D eigenvalue weighted by Gasteiger charge is -2.03. The van der Waals surface area contributed by atoms with Crippen LogP contribution in [0.1, 0.15) is 70.6 Å². The topological polar surface area (TPSA) is 26.3 Å². The molecule has 0 aliphatic carbocycles. The molecule has 0 radical (unpaired) electrons. The molecule has 0 unspecified atom stereocenters. The van der Waals surface area contributed by atoms with Crippen LogP contribution in [0.5, 0.6) is 0 Å². The predicted octanol–water partition coefficient (Wildman–Crippen LogP) is 5.62. The van der Waals surface area contributed by atoms with Crippen LogP contribution in [-0.2, 0) is 9.53 Å². The third kappa shape index (κ3) is 16.6. The van der Waals surface area contributed by atoms with Crippen molar-refractivity contribution in [2.45, 2.75) is 70.6 Å². The van der Waals surface area contributed by atoms with E-state index in [1.54, 1.807) is 0 Å². The van der Waals surface area contributed by atoms with Gasteiger partial charge in [0.1, 0.15) is 0 Å². The minimum atomic E-state index is -0.0870. The van der Waals surface area contributed by atoms with Gasteiger partial charge in [-0.3, -0.25) is 4.79 Å². The normalized spacial score (nSPS) is 10.7. The molecule has 0 spiro atoms. The molecule has 0 heterocycles. The molecule has 0 atom stereocenters. The summed E-state index contributed by atoms with van der Waals surface area (Å²) >= 11 is 4.34. The van der Waals surface area contributed by atoms with Gasteiger partial charge in [0.2, 0.25) is 0 Å². The second-order valence-corrected chi connectivity index (χ2v) is 7.47. The smallest absolute Gasteiger partial charge is 0.306 e. The van der Waals surface area contributed by atoms with E-state index in [0.29, 0.717) is 6.42 Å². The van der Waals surface area contributed by atoms with Gasteiger partial charge >= 0.3 is 5.97 Å². The third-order valence-corrected chi connectivity index (χ3v) is 5.18. The van der Waals surface area contributed by atoms with E-state index in [-0.39, 0.29) is 5.97 Å². The Balaban J connectivity index is 2.97. The van der Waals surface area contributed by atoms with Gasteiger partial charge in [0.25, 0.3) is 0 Å². The molecule has 20 heavy (non-hydrogen) atoms. The molecule has 0 rings (SSSR count). The van der Waals surface area contributed by atoms with E-state index in [9.17, 15) is 4.79 Å². The fraction of sp³-hybridized carbons (Fsp3) is 0.938. The lowest BCUT2D eigenvalue weighted by molar-refractivity contribution is -0.140. The summed E-state index contributed by atoms with van der Waals surface area (Å²) in [5, 5.41) is 0. The van der Waals surface area contributed by atoms with E-state index >= 15 is 0 Å². The monoisotopic (exact) mass is 414 g/mol. The molecule has 0 aliphatic rings. The highest BCUT2D eigenvalue weighted by Gasteiger charge is 1.99. The molecule has 120 valence electrons. The quantitative estimate of drug-likeness (QED) is 0.151. The first-order valence-electron chi connectivity index (χ1n) is 8.01. The van der Waals surface area contributed by atoms with Crippen molar-refractivity contribution < 1.29 is 9.53 Å². The maximum Gasteiger partial charge on any atom is 0.306 e. The highest BCUT2D eigenvalue weighted by atomic mass is 127. The van der Waals surface area contributed by atoms with Crippen molar-refractivity contribution in [2.24, 2.45) is 0 Å². The molecule has 0 N–H and O–H groups in total. The van der Waals surface area contributed by atoms with Crippen molar-refractivity contribution in [1.29, 1.82) is 0 Å². The Bertz CT molecular complexity index is 213. The number of halogens is 1. The molecule has 0 aromatic heterocycles. The van der Waals surface area contributed by atoms with Crippen LogP contribution in [0.25, 0.3) is 0 Å². The third-order valence-electron chi connectivity index (χ3n) is 3.35. The number of hydrogen-bond acceptors (Lipinski definition) is 3. The molecular formula is C16H31IO2S. The van der Waals surface area contributed by atoms with Crippen LogP contribution in [0, 0.1) is 0 Å². The number of esters is 1. The Hall–Kier alpha value is 0.550. The van der Waals surface area contributed by atoms with E-state index < -0.39 is 0 Å². The number of hydrogen-bond donors (Lipinski definition) is 0. The number of methoxy groups -OCH3 is 1. The van der Waals surface area contributed by atoms with Crippen molar-refractivity contribution in [3.05, 3.63) is 0 Å². The maximum absolute atomic E-state index is 10.9. The number of rotatable bonds is 15. The summed E-state index contributed by atoms with van der Waals surface area (Å²) in [6.45, 7) is 0. The average Bonchev–Trinajstić information content (AvgIpc) is 2.47. The molecule has 0 bridgehead atoms. The Morgan fingerprint density at radius 2 is 1.35 bits per heavy atom. The van der Waals surface area contributed by atoms with Crippen molar-refractivity contribution in [1.82, 2.24) is 0 Å². The number of carbonyl (C=O) groups excluding carboxylic acids is 1. The summed E-state index contributed by atoms with van der Waals surface area (Å²) < 4.78 is 5.93. The van der Waals surface area contributed by atoms with Crippen LogP contribution in [0.3, 0.4) is 0 Å². The van der Waals surface area contributed by atoms with E-state index in [4.69, 9.17) is 0 Å². The van der Waals surface area contributed by atoms with Crippen molar-refractivity contribution >= 4 is 40.3 Å². The number of alkyl halides is 1. The summed E-state index contributed by atoms with van der Waals surface area (Å²) in [4.78, 5) is 10.9. The fourth-order valence-electron chi connectivity index (χ4n) is 2.07. The molecule has 0 saturated heterocycles. The van der Waals surface area contributed by atoms with Crippen LogP contribution in [0.15, 0.2) is 0 Å². The van der Waals surface area contributed by atoms with Crippen LogP contribution in [0.4, 0.5) is 0 Å². The number of unbranched alkanes of at least 4 members (excludes halogenated alkanes) is 9. The van der Waals surface area contributed by atoms with Crippen molar-refractivity contribution in [3.63, 3.8) is 0 Å². The fourth-order valence-corrected chi connectivity index (χ4v) is 3.54. The molecule has 0 aromatic rings. The molecule has 0 amide bonds. The van der Waals surface area contributed by atoms with Crippen molar-refractivity contribution in [3.8, 4) is 0 Å². The zero-order chi connectivity index (χ0) is 14.9. The zero-order valence-electron chi connectivity index (χ0n) is 13.0. The van der Waals surface area contributed by atoms with Crippen LogP contribution in [-0.4, -0.2) is 29.0 Å². The molecule has 2 nitrogen and oxygen atoms in total. The number of thioether (sulfide) groups is 1. The second-order valence-electron chi connectivity index (χ2n) is 5.16. The number of carbonyl (C=O) groups is 1. The molecule has 4 heteroatoms. The average molecular weight is 414 g/mol. The van der Waals surface area contributed by atoms with Gasteiger partial charge < -0.3 is 4.74 Å². The summed E-state index contributed by atoms with van der Waals surface area (Å²) in [7, 11) is 1.45. The van der Waals surface area contributed by atoms with Crippen LogP contribution >= 0.6 is 34.4 Å². The van der Waals surface area contributed by atoms with E-state index in [0.717, 1.165) is 5.75 Å². The standard InChI is InChI=1S/C16H31IO2S/c1-19-16(18)12-15-20-14-11-9-7-5-3-2-4-6-8-10-13-17/h2-15H2,1H3. The van der Waals surface area contributed by atoms with Crippen molar-refractivity contribution in [2.75, 3.05) is 23.0 Å². The summed E-state index contributed by atoms with van der Waals surface area (Å²) in [6, 6.07) is 0.